The van der Waals surface area contributed by atoms with Crippen LogP contribution in [-0.4, -0.2) is 18.4 Å². The van der Waals surface area contributed by atoms with Crippen molar-refractivity contribution in [1.29, 1.82) is 0 Å². The predicted octanol–water partition coefficient (Wildman–Crippen LogP) is 6.10. The van der Waals surface area contributed by atoms with Gasteiger partial charge in [0.15, 0.2) is 5.75 Å². The highest BCUT2D eigenvalue weighted by molar-refractivity contribution is 5.93. The van der Waals surface area contributed by atoms with E-state index in [1.54, 1.807) is 54.6 Å². The Morgan fingerprint density at radius 1 is 0.943 bits per heavy atom. The first-order valence-electron chi connectivity index (χ1n) is 10.9. The van der Waals surface area contributed by atoms with Gasteiger partial charge in [-0.25, -0.2) is 0 Å². The molecule has 0 aromatic heterocycles. The number of carbonyl (C=O) groups excluding carboxylic acids is 2. The number of carbonyl (C=O) groups is 2. The maximum atomic E-state index is 13.3. The van der Waals surface area contributed by atoms with Crippen LogP contribution < -0.4 is 20.1 Å². The van der Waals surface area contributed by atoms with Crippen molar-refractivity contribution in [2.24, 2.45) is 0 Å². The monoisotopic (exact) mass is 486 g/mol. The van der Waals surface area contributed by atoms with Crippen molar-refractivity contribution in [3.63, 3.8) is 0 Å². The van der Waals surface area contributed by atoms with Crippen LogP contribution in [0.4, 0.5) is 18.9 Å². The molecule has 0 fully saturated rings. The van der Waals surface area contributed by atoms with E-state index in [2.05, 4.69) is 10.6 Å². The largest absolute Gasteiger partial charge is 0.494 e. The van der Waals surface area contributed by atoms with Gasteiger partial charge in [0, 0.05) is 6.92 Å². The second-order valence-electron chi connectivity index (χ2n) is 7.63. The van der Waals surface area contributed by atoms with E-state index in [9.17, 15) is 22.8 Å². The fourth-order valence-electron chi connectivity index (χ4n) is 3.36. The lowest BCUT2D eigenvalue weighted by Crippen LogP contribution is -2.29. The minimum Gasteiger partial charge on any atom is -0.494 e. The van der Waals surface area contributed by atoms with Gasteiger partial charge in [-0.2, -0.15) is 13.2 Å². The molecule has 9 heteroatoms. The van der Waals surface area contributed by atoms with Gasteiger partial charge >= 0.3 is 6.18 Å². The summed E-state index contributed by atoms with van der Waals surface area (Å²) in [5.74, 6) is 0.0647. The summed E-state index contributed by atoms with van der Waals surface area (Å²) in [7, 11) is 0. The molecule has 6 nitrogen and oxygen atoms in total. The number of benzene rings is 3. The number of alkyl halides is 3. The number of anilines is 1. The molecule has 0 aliphatic rings. The normalized spacial score (nSPS) is 11.9. The average Bonchev–Trinajstić information content (AvgIpc) is 2.81. The number of halogens is 3. The molecule has 0 bridgehead atoms. The van der Waals surface area contributed by atoms with E-state index in [0.717, 1.165) is 18.2 Å². The Balaban J connectivity index is 1.84. The van der Waals surface area contributed by atoms with E-state index in [1.807, 2.05) is 6.92 Å². The zero-order valence-corrected chi connectivity index (χ0v) is 19.2. The lowest BCUT2D eigenvalue weighted by Gasteiger charge is -2.19. The first kappa shape index (κ1) is 25.6. The molecule has 0 saturated heterocycles. The first-order valence-corrected chi connectivity index (χ1v) is 10.9. The summed E-state index contributed by atoms with van der Waals surface area (Å²) in [4.78, 5) is 24.5. The Labute approximate surface area is 201 Å². The van der Waals surface area contributed by atoms with Crippen molar-refractivity contribution in [2.45, 2.75) is 32.5 Å². The van der Waals surface area contributed by atoms with E-state index < -0.39 is 23.7 Å². The summed E-state index contributed by atoms with van der Waals surface area (Å²) < 4.78 is 51.2. The Bertz CT molecular complexity index is 1150. The Morgan fingerprint density at radius 3 is 2.20 bits per heavy atom. The van der Waals surface area contributed by atoms with Crippen LogP contribution in [0.5, 0.6) is 17.2 Å². The van der Waals surface area contributed by atoms with Crippen LogP contribution >= 0.6 is 0 Å². The third-order valence-electron chi connectivity index (χ3n) is 4.91. The number of nitrogens with one attached hydrogen (secondary N) is 2. The molecule has 3 aromatic carbocycles. The van der Waals surface area contributed by atoms with E-state index in [1.165, 1.54) is 6.92 Å². The minimum atomic E-state index is -4.61. The Kier molecular flexibility index (Phi) is 8.35. The van der Waals surface area contributed by atoms with Crippen LogP contribution in [0, 0.1) is 0 Å². The molecule has 2 N–H and O–H groups in total. The first-order chi connectivity index (χ1) is 16.7. The van der Waals surface area contributed by atoms with Crippen LogP contribution in [0.15, 0.2) is 72.8 Å². The van der Waals surface area contributed by atoms with Crippen molar-refractivity contribution in [3.05, 3.63) is 83.9 Å². The highest BCUT2D eigenvalue weighted by Crippen LogP contribution is 2.37. The fraction of sp³-hybridized carbons (Fsp3) is 0.231. The molecule has 0 unspecified atom stereocenters. The van der Waals surface area contributed by atoms with E-state index >= 15 is 0 Å². The smallest absolute Gasteiger partial charge is 0.416 e. The zero-order chi connectivity index (χ0) is 25.4. The second kappa shape index (κ2) is 11.4. The van der Waals surface area contributed by atoms with Crippen LogP contribution in [0.25, 0.3) is 0 Å². The van der Waals surface area contributed by atoms with Crippen LogP contribution in [0.3, 0.4) is 0 Å². The predicted molar refractivity (Wildman–Crippen MR) is 125 cm³/mol. The van der Waals surface area contributed by atoms with Gasteiger partial charge in [-0.1, -0.05) is 30.3 Å². The zero-order valence-electron chi connectivity index (χ0n) is 19.2. The highest BCUT2D eigenvalue weighted by Gasteiger charge is 2.31. The van der Waals surface area contributed by atoms with E-state index in [0.29, 0.717) is 23.7 Å². The van der Waals surface area contributed by atoms with Crippen LogP contribution in [0.1, 0.15) is 37.4 Å². The molecule has 0 aliphatic carbocycles. The van der Waals surface area contributed by atoms with Crippen molar-refractivity contribution < 1.29 is 32.2 Å². The minimum absolute atomic E-state index is 0.0336. The number of hydrogen-bond acceptors (Lipinski definition) is 4. The topological polar surface area (TPSA) is 76.7 Å². The molecule has 2 amide bonds. The molecule has 184 valence electrons. The van der Waals surface area contributed by atoms with Crippen molar-refractivity contribution >= 4 is 17.5 Å². The van der Waals surface area contributed by atoms with E-state index in [4.69, 9.17) is 9.47 Å². The van der Waals surface area contributed by atoms with Gasteiger partial charge in [-0.15, -0.1) is 0 Å². The van der Waals surface area contributed by atoms with Crippen LogP contribution in [-0.2, 0) is 15.8 Å². The summed E-state index contributed by atoms with van der Waals surface area (Å²) in [5, 5.41) is 5.20. The van der Waals surface area contributed by atoms with Gasteiger partial charge in [-0.05, 0) is 55.0 Å². The standard InChI is InChI=1S/C26H25F3N2O4/c1-3-34-20-10-12-21(13-11-20)35-24-14-9-19(26(27,28)29)15-23(24)31-25(33)16-22(30-17(2)32)18-7-5-4-6-8-18/h4-15,22H,3,16H2,1-2H3,(H,30,32)(H,31,33)/t22-/m1/s1. The van der Waals surface area contributed by atoms with Gasteiger partial charge in [-0.3, -0.25) is 9.59 Å². The summed E-state index contributed by atoms with van der Waals surface area (Å²) in [6.45, 7) is 3.65. The van der Waals surface area contributed by atoms with Crippen molar-refractivity contribution in [3.8, 4) is 17.2 Å². The third-order valence-corrected chi connectivity index (χ3v) is 4.91. The molecular weight excluding hydrogens is 461 g/mol. The molecule has 0 aliphatic heterocycles. The molecular formula is C26H25F3N2O4. The molecule has 0 spiro atoms. The van der Waals surface area contributed by atoms with Gasteiger partial charge < -0.3 is 20.1 Å². The van der Waals surface area contributed by atoms with Crippen LogP contribution in [0.2, 0.25) is 0 Å². The molecule has 3 rings (SSSR count). The Morgan fingerprint density at radius 2 is 1.60 bits per heavy atom. The Hall–Kier alpha value is -4.01. The van der Waals surface area contributed by atoms with Gasteiger partial charge in [0.2, 0.25) is 11.8 Å². The van der Waals surface area contributed by atoms with Gasteiger partial charge in [0.1, 0.15) is 11.5 Å². The summed E-state index contributed by atoms with van der Waals surface area (Å²) in [5.41, 5.74) is -0.394. The highest BCUT2D eigenvalue weighted by atomic mass is 19.4. The third kappa shape index (κ3) is 7.49. The number of rotatable bonds is 9. The maximum absolute atomic E-state index is 13.3. The molecule has 3 aromatic rings. The summed E-state index contributed by atoms with van der Waals surface area (Å²) in [6.07, 6.45) is -4.80. The molecule has 0 heterocycles. The van der Waals surface area contributed by atoms with Gasteiger partial charge in [0.25, 0.3) is 0 Å². The van der Waals surface area contributed by atoms with Gasteiger partial charge in [0.05, 0.1) is 30.3 Å². The molecule has 35 heavy (non-hydrogen) atoms. The number of ether oxygens (including phenoxy) is 2. The maximum Gasteiger partial charge on any atom is 0.416 e. The molecule has 0 radical (unpaired) electrons. The lowest BCUT2D eigenvalue weighted by atomic mass is 10.0. The van der Waals surface area contributed by atoms with E-state index in [-0.39, 0.29) is 23.8 Å². The number of amides is 2. The fourth-order valence-corrected chi connectivity index (χ4v) is 3.36. The average molecular weight is 486 g/mol. The lowest BCUT2D eigenvalue weighted by molar-refractivity contribution is -0.137. The van der Waals surface area contributed by atoms with Crippen molar-refractivity contribution in [2.75, 3.05) is 11.9 Å². The molecule has 1 atom stereocenters. The quantitative estimate of drug-likeness (QED) is 0.383. The summed E-state index contributed by atoms with van der Waals surface area (Å²) in [6, 6.07) is 17.5. The summed E-state index contributed by atoms with van der Waals surface area (Å²) >= 11 is 0. The SMILES string of the molecule is CCOc1ccc(Oc2ccc(C(F)(F)F)cc2NC(=O)C[C@@H](NC(C)=O)c2ccccc2)cc1. The van der Waals surface area contributed by atoms with Crippen molar-refractivity contribution in [1.82, 2.24) is 5.32 Å². The number of hydrogen-bond donors (Lipinski definition) is 2. The second-order valence-corrected chi connectivity index (χ2v) is 7.63. The molecule has 0 saturated carbocycles.